The Bertz CT molecular complexity index is 380. The Balaban J connectivity index is 2.26. The maximum atomic E-state index is 5.86. The summed E-state index contributed by atoms with van der Waals surface area (Å²) in [5.74, 6) is 5.86. The molecule has 1 aliphatic carbocycles. The van der Waals surface area contributed by atoms with Crippen molar-refractivity contribution in [2.24, 2.45) is 11.3 Å². The molecule has 18 heavy (non-hydrogen) atoms. The first-order chi connectivity index (χ1) is 8.69. The summed E-state index contributed by atoms with van der Waals surface area (Å²) < 4.78 is 0. The van der Waals surface area contributed by atoms with Crippen molar-refractivity contribution in [1.29, 1.82) is 0 Å². The number of hydrogen-bond donors (Lipinski definition) is 2. The van der Waals surface area contributed by atoms with E-state index in [0.717, 1.165) is 6.42 Å². The topological polar surface area (TPSA) is 38.0 Å². The molecule has 1 aliphatic rings. The number of benzene rings is 1. The van der Waals surface area contributed by atoms with Gasteiger partial charge in [0.25, 0.3) is 0 Å². The van der Waals surface area contributed by atoms with Crippen molar-refractivity contribution in [3.8, 4) is 0 Å². The summed E-state index contributed by atoms with van der Waals surface area (Å²) in [5.41, 5.74) is 6.13. The molecule has 1 aromatic rings. The van der Waals surface area contributed by atoms with Gasteiger partial charge in [0.15, 0.2) is 0 Å². The number of hydrogen-bond acceptors (Lipinski definition) is 2. The number of rotatable bonds is 4. The van der Waals surface area contributed by atoms with Crippen LogP contribution in [0.5, 0.6) is 0 Å². The minimum atomic E-state index is 0.282. The summed E-state index contributed by atoms with van der Waals surface area (Å²) in [4.78, 5) is 0. The van der Waals surface area contributed by atoms with Crippen LogP contribution in [0.25, 0.3) is 0 Å². The molecule has 0 aliphatic heterocycles. The van der Waals surface area contributed by atoms with Gasteiger partial charge in [0.1, 0.15) is 0 Å². The Hall–Kier alpha value is -0.860. The van der Waals surface area contributed by atoms with Crippen molar-refractivity contribution in [3.63, 3.8) is 0 Å². The zero-order valence-corrected chi connectivity index (χ0v) is 11.7. The van der Waals surface area contributed by atoms with E-state index in [-0.39, 0.29) is 6.04 Å². The molecule has 0 heterocycles. The van der Waals surface area contributed by atoms with Crippen molar-refractivity contribution >= 4 is 0 Å². The summed E-state index contributed by atoms with van der Waals surface area (Å²) in [6, 6.07) is 9.16. The van der Waals surface area contributed by atoms with Gasteiger partial charge in [0.2, 0.25) is 0 Å². The SMILES string of the molecule is CCc1cccc(C(NN)C2(C)CCCCC2)c1. The van der Waals surface area contributed by atoms with Crippen LogP contribution in [0.4, 0.5) is 0 Å². The molecule has 3 N–H and O–H groups in total. The molecule has 2 heteroatoms. The summed E-state index contributed by atoms with van der Waals surface area (Å²) >= 11 is 0. The molecule has 1 saturated carbocycles. The summed E-state index contributed by atoms with van der Waals surface area (Å²) in [7, 11) is 0. The van der Waals surface area contributed by atoms with Crippen molar-refractivity contribution in [2.75, 3.05) is 0 Å². The first-order valence-electron chi connectivity index (χ1n) is 7.24. The lowest BCUT2D eigenvalue weighted by Crippen LogP contribution is -2.41. The zero-order chi connectivity index (χ0) is 13.0. The highest BCUT2D eigenvalue weighted by atomic mass is 15.2. The summed E-state index contributed by atoms with van der Waals surface area (Å²) in [6.07, 6.45) is 7.68. The van der Waals surface area contributed by atoms with Gasteiger partial charge in [-0.3, -0.25) is 11.3 Å². The quantitative estimate of drug-likeness (QED) is 0.627. The molecule has 100 valence electrons. The standard InChI is InChI=1S/C16H26N2/c1-3-13-8-7-9-14(12-13)15(18-17)16(2)10-5-4-6-11-16/h7-9,12,15,18H,3-6,10-11,17H2,1-2H3. The molecule has 1 fully saturated rings. The van der Waals surface area contributed by atoms with E-state index in [9.17, 15) is 0 Å². The van der Waals surface area contributed by atoms with Crippen LogP contribution in [0, 0.1) is 5.41 Å². The highest BCUT2D eigenvalue weighted by Gasteiger charge is 2.35. The Morgan fingerprint density at radius 2 is 2.00 bits per heavy atom. The van der Waals surface area contributed by atoms with E-state index in [0.29, 0.717) is 5.41 Å². The molecule has 0 saturated heterocycles. The third-order valence-electron chi connectivity index (χ3n) is 4.55. The van der Waals surface area contributed by atoms with Gasteiger partial charge in [-0.05, 0) is 35.8 Å². The normalized spacial score (nSPS) is 20.6. The van der Waals surface area contributed by atoms with Crippen molar-refractivity contribution < 1.29 is 0 Å². The average Bonchev–Trinajstić information content (AvgIpc) is 2.40. The minimum Gasteiger partial charge on any atom is -0.271 e. The Kier molecular flexibility index (Phi) is 4.41. The largest absolute Gasteiger partial charge is 0.271 e. The molecule has 1 unspecified atom stereocenters. The molecular formula is C16H26N2. The van der Waals surface area contributed by atoms with Crippen LogP contribution in [-0.2, 0) is 6.42 Å². The van der Waals surface area contributed by atoms with Gasteiger partial charge < -0.3 is 0 Å². The van der Waals surface area contributed by atoms with Gasteiger partial charge in [0, 0.05) is 0 Å². The predicted molar refractivity (Wildman–Crippen MR) is 77.1 cm³/mol. The Labute approximate surface area is 111 Å². The predicted octanol–water partition coefficient (Wildman–Crippen LogP) is 3.72. The average molecular weight is 246 g/mol. The molecule has 2 nitrogen and oxygen atoms in total. The molecule has 0 radical (unpaired) electrons. The van der Waals surface area contributed by atoms with Gasteiger partial charge in [-0.25, -0.2) is 0 Å². The number of hydrazine groups is 1. The molecule has 1 aromatic carbocycles. The van der Waals surface area contributed by atoms with Crippen LogP contribution in [0.2, 0.25) is 0 Å². The van der Waals surface area contributed by atoms with E-state index in [2.05, 4.69) is 43.5 Å². The molecule has 0 amide bonds. The van der Waals surface area contributed by atoms with Crippen LogP contribution in [0.15, 0.2) is 24.3 Å². The van der Waals surface area contributed by atoms with E-state index in [1.165, 1.54) is 43.2 Å². The van der Waals surface area contributed by atoms with Crippen molar-refractivity contribution in [2.45, 2.75) is 58.4 Å². The Morgan fingerprint density at radius 1 is 1.28 bits per heavy atom. The fourth-order valence-corrected chi connectivity index (χ4v) is 3.34. The van der Waals surface area contributed by atoms with Gasteiger partial charge in [0.05, 0.1) is 6.04 Å². The third-order valence-corrected chi connectivity index (χ3v) is 4.55. The second kappa shape index (κ2) is 5.85. The number of nitrogens with one attached hydrogen (secondary N) is 1. The second-order valence-corrected chi connectivity index (χ2v) is 5.91. The van der Waals surface area contributed by atoms with Crippen LogP contribution in [0.3, 0.4) is 0 Å². The van der Waals surface area contributed by atoms with Crippen molar-refractivity contribution in [1.82, 2.24) is 5.43 Å². The lowest BCUT2D eigenvalue weighted by Gasteiger charge is -2.40. The van der Waals surface area contributed by atoms with Gasteiger partial charge in [-0.1, -0.05) is 57.4 Å². The van der Waals surface area contributed by atoms with Crippen LogP contribution < -0.4 is 11.3 Å². The lowest BCUT2D eigenvalue weighted by molar-refractivity contribution is 0.145. The van der Waals surface area contributed by atoms with Crippen LogP contribution in [0.1, 0.15) is 63.1 Å². The monoisotopic (exact) mass is 246 g/mol. The fourth-order valence-electron chi connectivity index (χ4n) is 3.34. The zero-order valence-electron chi connectivity index (χ0n) is 11.7. The smallest absolute Gasteiger partial charge is 0.0513 e. The molecule has 0 spiro atoms. The lowest BCUT2D eigenvalue weighted by atomic mass is 9.68. The number of nitrogens with two attached hydrogens (primary N) is 1. The summed E-state index contributed by atoms with van der Waals surface area (Å²) in [6.45, 7) is 4.58. The molecule has 0 bridgehead atoms. The molecule has 0 aromatic heterocycles. The molecule has 1 atom stereocenters. The highest BCUT2D eigenvalue weighted by Crippen LogP contribution is 2.45. The highest BCUT2D eigenvalue weighted by molar-refractivity contribution is 5.27. The van der Waals surface area contributed by atoms with Gasteiger partial charge in [-0.2, -0.15) is 0 Å². The fraction of sp³-hybridized carbons (Fsp3) is 0.625. The van der Waals surface area contributed by atoms with E-state index in [4.69, 9.17) is 5.84 Å². The third kappa shape index (κ3) is 2.76. The summed E-state index contributed by atoms with van der Waals surface area (Å²) in [5, 5.41) is 0. The van der Waals surface area contributed by atoms with E-state index < -0.39 is 0 Å². The minimum absolute atomic E-state index is 0.282. The first kappa shape index (κ1) is 13.6. The van der Waals surface area contributed by atoms with Gasteiger partial charge >= 0.3 is 0 Å². The van der Waals surface area contributed by atoms with Gasteiger partial charge in [-0.15, -0.1) is 0 Å². The molecular weight excluding hydrogens is 220 g/mol. The maximum Gasteiger partial charge on any atom is 0.0513 e. The van der Waals surface area contributed by atoms with E-state index in [1.54, 1.807) is 0 Å². The second-order valence-electron chi connectivity index (χ2n) is 5.91. The van der Waals surface area contributed by atoms with Crippen molar-refractivity contribution in [3.05, 3.63) is 35.4 Å². The maximum absolute atomic E-state index is 5.86. The number of aryl methyl sites for hydroxylation is 1. The van der Waals surface area contributed by atoms with E-state index >= 15 is 0 Å². The Morgan fingerprint density at radius 3 is 2.61 bits per heavy atom. The first-order valence-corrected chi connectivity index (χ1v) is 7.24. The van der Waals surface area contributed by atoms with Crippen LogP contribution in [-0.4, -0.2) is 0 Å². The van der Waals surface area contributed by atoms with Crippen LogP contribution >= 0.6 is 0 Å². The molecule has 2 rings (SSSR count). The van der Waals surface area contributed by atoms with E-state index in [1.807, 2.05) is 0 Å².